The zero-order valence-corrected chi connectivity index (χ0v) is 10.5. The summed E-state index contributed by atoms with van der Waals surface area (Å²) in [5.41, 5.74) is 0. The van der Waals surface area contributed by atoms with Gasteiger partial charge in [-0.25, -0.2) is 0 Å². The Morgan fingerprint density at radius 3 is 2.79 bits per heavy atom. The Morgan fingerprint density at radius 2 is 2.21 bits per heavy atom. The number of nitrogens with one attached hydrogen (secondary N) is 1. The van der Waals surface area contributed by atoms with E-state index in [-0.39, 0.29) is 0 Å². The zero-order chi connectivity index (χ0) is 10.4. The van der Waals surface area contributed by atoms with Crippen molar-refractivity contribution in [2.45, 2.75) is 44.5 Å². The average molecular weight is 217 g/mol. The molecular formula is C11H23NOS. The molecule has 1 rings (SSSR count). The van der Waals surface area contributed by atoms with Crippen LogP contribution in [-0.4, -0.2) is 36.3 Å². The fourth-order valence-corrected chi connectivity index (χ4v) is 2.36. The molecule has 1 fully saturated rings. The van der Waals surface area contributed by atoms with Crippen LogP contribution < -0.4 is 5.32 Å². The van der Waals surface area contributed by atoms with Crippen LogP contribution in [0.2, 0.25) is 0 Å². The van der Waals surface area contributed by atoms with Crippen LogP contribution in [0.5, 0.6) is 0 Å². The van der Waals surface area contributed by atoms with Gasteiger partial charge in [-0.1, -0.05) is 20.8 Å². The van der Waals surface area contributed by atoms with E-state index >= 15 is 0 Å². The Bertz CT molecular complexity index is 150. The van der Waals surface area contributed by atoms with Gasteiger partial charge >= 0.3 is 0 Å². The molecule has 0 saturated carbocycles. The van der Waals surface area contributed by atoms with Crippen molar-refractivity contribution in [1.82, 2.24) is 5.32 Å². The second kappa shape index (κ2) is 5.99. The van der Waals surface area contributed by atoms with Gasteiger partial charge in [0.25, 0.3) is 0 Å². The Labute approximate surface area is 92.2 Å². The molecule has 0 bridgehead atoms. The SMILES string of the molecule is CC(C)(C)SCCNCC1CCCO1. The van der Waals surface area contributed by atoms with Gasteiger partial charge in [-0.05, 0) is 12.8 Å². The van der Waals surface area contributed by atoms with Crippen molar-refractivity contribution < 1.29 is 4.74 Å². The molecule has 1 heterocycles. The van der Waals surface area contributed by atoms with Gasteiger partial charge in [0.1, 0.15) is 0 Å². The van der Waals surface area contributed by atoms with Gasteiger partial charge in [0.2, 0.25) is 0 Å². The van der Waals surface area contributed by atoms with Crippen molar-refractivity contribution in [3.8, 4) is 0 Å². The van der Waals surface area contributed by atoms with Gasteiger partial charge in [-0.2, -0.15) is 11.8 Å². The highest BCUT2D eigenvalue weighted by Gasteiger charge is 2.14. The van der Waals surface area contributed by atoms with Gasteiger partial charge in [-0.15, -0.1) is 0 Å². The van der Waals surface area contributed by atoms with Crippen molar-refractivity contribution >= 4 is 11.8 Å². The highest BCUT2D eigenvalue weighted by molar-refractivity contribution is 8.00. The maximum absolute atomic E-state index is 5.53. The van der Waals surface area contributed by atoms with Gasteiger partial charge < -0.3 is 10.1 Å². The van der Waals surface area contributed by atoms with E-state index in [4.69, 9.17) is 4.74 Å². The first-order chi connectivity index (χ1) is 6.58. The lowest BCUT2D eigenvalue weighted by Crippen LogP contribution is -2.28. The van der Waals surface area contributed by atoms with Crippen LogP contribution in [0.25, 0.3) is 0 Å². The third-order valence-corrected chi connectivity index (χ3v) is 3.48. The summed E-state index contributed by atoms with van der Waals surface area (Å²) in [4.78, 5) is 0. The van der Waals surface area contributed by atoms with Gasteiger partial charge in [0.15, 0.2) is 0 Å². The van der Waals surface area contributed by atoms with Crippen LogP contribution in [0.4, 0.5) is 0 Å². The summed E-state index contributed by atoms with van der Waals surface area (Å²) in [7, 11) is 0. The lowest BCUT2D eigenvalue weighted by Gasteiger charge is -2.18. The Kier molecular flexibility index (Phi) is 5.28. The summed E-state index contributed by atoms with van der Waals surface area (Å²) < 4.78 is 5.93. The number of thioether (sulfide) groups is 1. The Morgan fingerprint density at radius 1 is 1.43 bits per heavy atom. The molecule has 1 atom stereocenters. The van der Waals surface area contributed by atoms with E-state index in [1.54, 1.807) is 0 Å². The first kappa shape index (κ1) is 12.3. The maximum atomic E-state index is 5.53. The molecule has 0 aromatic carbocycles. The predicted molar refractivity (Wildman–Crippen MR) is 64.1 cm³/mol. The van der Waals surface area contributed by atoms with Crippen molar-refractivity contribution in [2.75, 3.05) is 25.4 Å². The first-order valence-electron chi connectivity index (χ1n) is 5.54. The van der Waals surface area contributed by atoms with E-state index in [2.05, 4.69) is 26.1 Å². The second-order valence-electron chi connectivity index (χ2n) is 4.80. The Hall–Kier alpha value is 0.270. The molecule has 0 amide bonds. The summed E-state index contributed by atoms with van der Waals surface area (Å²) in [5, 5.41) is 3.45. The molecule has 84 valence electrons. The molecule has 14 heavy (non-hydrogen) atoms. The van der Waals surface area contributed by atoms with Crippen molar-refractivity contribution in [1.29, 1.82) is 0 Å². The molecule has 0 spiro atoms. The van der Waals surface area contributed by atoms with Gasteiger partial charge in [0, 0.05) is 30.2 Å². The lowest BCUT2D eigenvalue weighted by molar-refractivity contribution is 0.110. The van der Waals surface area contributed by atoms with E-state index in [9.17, 15) is 0 Å². The zero-order valence-electron chi connectivity index (χ0n) is 9.64. The molecule has 0 aromatic heterocycles. The van der Waals surface area contributed by atoms with E-state index in [1.807, 2.05) is 11.8 Å². The largest absolute Gasteiger partial charge is 0.377 e. The fourth-order valence-electron chi connectivity index (χ4n) is 1.50. The monoisotopic (exact) mass is 217 g/mol. The summed E-state index contributed by atoms with van der Waals surface area (Å²) >= 11 is 2.01. The fraction of sp³-hybridized carbons (Fsp3) is 1.00. The molecule has 1 aliphatic heterocycles. The standard InChI is InChI=1S/C11H23NOS/c1-11(2,3)14-8-6-12-9-10-5-4-7-13-10/h10,12H,4-9H2,1-3H3. The third kappa shape index (κ3) is 5.89. The number of hydrogen-bond acceptors (Lipinski definition) is 3. The smallest absolute Gasteiger partial charge is 0.0700 e. The minimum atomic E-state index is 0.394. The van der Waals surface area contributed by atoms with Crippen LogP contribution in [0, 0.1) is 0 Å². The molecule has 1 saturated heterocycles. The van der Waals surface area contributed by atoms with E-state index in [0.717, 1.165) is 19.7 Å². The number of ether oxygens (including phenoxy) is 1. The van der Waals surface area contributed by atoms with E-state index < -0.39 is 0 Å². The first-order valence-corrected chi connectivity index (χ1v) is 6.53. The molecule has 3 heteroatoms. The van der Waals surface area contributed by atoms with Crippen molar-refractivity contribution in [3.05, 3.63) is 0 Å². The molecular weight excluding hydrogens is 194 g/mol. The highest BCUT2D eigenvalue weighted by atomic mass is 32.2. The van der Waals surface area contributed by atoms with Crippen molar-refractivity contribution in [3.63, 3.8) is 0 Å². The minimum Gasteiger partial charge on any atom is -0.377 e. The topological polar surface area (TPSA) is 21.3 Å². The molecule has 1 aliphatic rings. The summed E-state index contributed by atoms with van der Waals surface area (Å²) in [6, 6.07) is 0. The Balaban J connectivity index is 1.89. The molecule has 0 radical (unpaired) electrons. The molecule has 1 unspecified atom stereocenters. The third-order valence-electron chi connectivity index (χ3n) is 2.21. The van der Waals surface area contributed by atoms with Crippen LogP contribution >= 0.6 is 11.8 Å². The van der Waals surface area contributed by atoms with Crippen LogP contribution in [0.1, 0.15) is 33.6 Å². The summed E-state index contributed by atoms with van der Waals surface area (Å²) in [6.45, 7) is 9.88. The molecule has 2 nitrogen and oxygen atoms in total. The van der Waals surface area contributed by atoms with E-state index in [0.29, 0.717) is 10.9 Å². The predicted octanol–water partition coefficient (Wildman–Crippen LogP) is 2.29. The lowest BCUT2D eigenvalue weighted by atomic mass is 10.2. The van der Waals surface area contributed by atoms with Crippen LogP contribution in [-0.2, 0) is 4.74 Å². The maximum Gasteiger partial charge on any atom is 0.0700 e. The average Bonchev–Trinajstić information content (AvgIpc) is 2.54. The van der Waals surface area contributed by atoms with Crippen LogP contribution in [0.15, 0.2) is 0 Å². The molecule has 1 N–H and O–H groups in total. The second-order valence-corrected chi connectivity index (χ2v) is 6.72. The van der Waals surface area contributed by atoms with E-state index in [1.165, 1.54) is 18.6 Å². The number of rotatable bonds is 5. The number of hydrogen-bond donors (Lipinski definition) is 1. The van der Waals surface area contributed by atoms with Crippen molar-refractivity contribution in [2.24, 2.45) is 0 Å². The van der Waals surface area contributed by atoms with Gasteiger partial charge in [0.05, 0.1) is 6.10 Å². The van der Waals surface area contributed by atoms with Crippen LogP contribution in [0.3, 0.4) is 0 Å². The summed E-state index contributed by atoms with van der Waals surface area (Å²) in [6.07, 6.45) is 2.96. The molecule has 0 aromatic rings. The summed E-state index contributed by atoms with van der Waals surface area (Å²) in [5.74, 6) is 1.19. The minimum absolute atomic E-state index is 0.394. The normalized spacial score (nSPS) is 22.9. The molecule has 0 aliphatic carbocycles. The highest BCUT2D eigenvalue weighted by Crippen LogP contribution is 2.22. The quantitative estimate of drug-likeness (QED) is 0.714. The van der Waals surface area contributed by atoms with Gasteiger partial charge in [-0.3, -0.25) is 0 Å².